The molecule has 0 spiro atoms. The summed E-state index contributed by atoms with van der Waals surface area (Å²) in [6.45, 7) is 11.6. The first kappa shape index (κ1) is 20.6. The minimum absolute atomic E-state index is 0.0265. The fourth-order valence-corrected chi connectivity index (χ4v) is 2.99. The maximum atomic E-state index is 10.9. The molecule has 6 nitrogen and oxygen atoms in total. The van der Waals surface area contributed by atoms with E-state index in [4.69, 9.17) is 20.8 Å². The van der Waals surface area contributed by atoms with Gasteiger partial charge in [-0.3, -0.25) is 14.9 Å². The lowest BCUT2D eigenvalue weighted by Gasteiger charge is -2.36. The zero-order valence-corrected chi connectivity index (χ0v) is 16.4. The molecule has 0 N–H and O–H groups in total. The molecule has 0 unspecified atom stereocenters. The lowest BCUT2D eigenvalue weighted by molar-refractivity contribution is -0.384. The number of ether oxygens (including phenoxy) is 1. The Bertz CT molecular complexity index is 613. The highest BCUT2D eigenvalue weighted by Gasteiger charge is 2.36. The van der Waals surface area contributed by atoms with Crippen molar-refractivity contribution in [2.24, 2.45) is 0 Å². The molecule has 0 aliphatic heterocycles. The van der Waals surface area contributed by atoms with E-state index in [0.29, 0.717) is 13.0 Å². The molecule has 8 heteroatoms. The Labute approximate surface area is 148 Å². The van der Waals surface area contributed by atoms with Crippen LogP contribution in [0, 0.1) is 10.1 Å². The second-order valence-corrected chi connectivity index (χ2v) is 12.2. The van der Waals surface area contributed by atoms with Gasteiger partial charge in [0, 0.05) is 24.7 Å². The van der Waals surface area contributed by atoms with Gasteiger partial charge in [-0.15, -0.1) is 0 Å². The molecule has 0 aromatic heterocycles. The van der Waals surface area contributed by atoms with Gasteiger partial charge < -0.3 is 9.16 Å². The van der Waals surface area contributed by atoms with E-state index in [1.54, 1.807) is 6.29 Å². The van der Waals surface area contributed by atoms with Crippen LogP contribution in [0.5, 0.6) is 5.75 Å². The number of hydrogen-bond donors (Lipinski definition) is 0. The van der Waals surface area contributed by atoms with Crippen molar-refractivity contribution >= 4 is 31.9 Å². The quantitative estimate of drug-likeness (QED) is 0.290. The fraction of sp³-hybridized carbons (Fsp3) is 0.562. The third-order valence-electron chi connectivity index (χ3n) is 4.15. The second-order valence-electron chi connectivity index (χ2n) is 6.98. The number of carbonyl (C=O) groups excluding carboxylic acids is 1. The molecule has 1 rings (SSSR count). The summed E-state index contributed by atoms with van der Waals surface area (Å²) < 4.78 is 11.5. The van der Waals surface area contributed by atoms with Gasteiger partial charge in [0.25, 0.3) is 5.69 Å². The minimum atomic E-state index is -1.81. The first-order chi connectivity index (χ1) is 11.0. The first-order valence-electron chi connectivity index (χ1n) is 7.62. The maximum Gasteiger partial charge on any atom is 0.292 e. The van der Waals surface area contributed by atoms with Crippen LogP contribution < -0.4 is 4.74 Å². The molecule has 0 bridgehead atoms. The van der Waals surface area contributed by atoms with Crippen LogP contribution in [0.3, 0.4) is 0 Å². The van der Waals surface area contributed by atoms with Crippen LogP contribution in [0.4, 0.5) is 5.69 Å². The Hall–Kier alpha value is -1.44. The summed E-state index contributed by atoms with van der Waals surface area (Å²) in [5.74, 6) is 0.108. The van der Waals surface area contributed by atoms with Crippen LogP contribution >= 0.6 is 11.6 Å². The van der Waals surface area contributed by atoms with E-state index < -0.39 is 13.2 Å². The summed E-state index contributed by atoms with van der Waals surface area (Å²) in [6.07, 6.45) is 2.23. The van der Waals surface area contributed by atoms with E-state index in [-0.39, 0.29) is 33.7 Å². The summed E-state index contributed by atoms with van der Waals surface area (Å²) in [5, 5.41) is 11.0. The van der Waals surface area contributed by atoms with E-state index in [1.807, 2.05) is 0 Å². The molecule has 0 atom stereocenters. The Morgan fingerprint density at radius 1 is 1.29 bits per heavy atom. The zero-order chi connectivity index (χ0) is 18.5. The van der Waals surface area contributed by atoms with Gasteiger partial charge in [-0.25, -0.2) is 0 Å². The van der Waals surface area contributed by atoms with Crippen molar-refractivity contribution in [2.75, 3.05) is 13.2 Å². The molecule has 133 valence electrons. The Morgan fingerprint density at radius 2 is 1.92 bits per heavy atom. The van der Waals surface area contributed by atoms with Crippen molar-refractivity contribution < 1.29 is 18.9 Å². The molecule has 1 radical (unpaired) electrons. The third kappa shape index (κ3) is 5.29. The number of rotatable bonds is 8. The summed E-state index contributed by atoms with van der Waals surface area (Å²) >= 11 is 5.96. The third-order valence-corrected chi connectivity index (χ3v) is 9.07. The Kier molecular flexibility index (Phi) is 6.94. The molecule has 0 amide bonds. The SMILES string of the molecule is CC(C)(C)[Si](C)(C)OCCCOc1cc([C]=O)cc([N+](=O)[O-])c1Cl. The molecular formula is C16H23ClNO5Si. The molecule has 1 aromatic carbocycles. The van der Waals surface area contributed by atoms with Gasteiger partial charge in [0.1, 0.15) is 5.75 Å². The molecule has 1 aromatic rings. The van der Waals surface area contributed by atoms with Crippen LogP contribution in [0.15, 0.2) is 12.1 Å². The van der Waals surface area contributed by atoms with Crippen LogP contribution in [0.1, 0.15) is 32.8 Å². The van der Waals surface area contributed by atoms with Crippen molar-refractivity contribution in [1.82, 2.24) is 0 Å². The second kappa shape index (κ2) is 8.09. The van der Waals surface area contributed by atoms with E-state index in [2.05, 4.69) is 33.9 Å². The average molecular weight is 373 g/mol. The molecule has 0 aliphatic carbocycles. The van der Waals surface area contributed by atoms with Crippen molar-refractivity contribution in [3.05, 3.63) is 32.8 Å². The van der Waals surface area contributed by atoms with Crippen molar-refractivity contribution in [3.8, 4) is 5.75 Å². The van der Waals surface area contributed by atoms with Gasteiger partial charge in [0.2, 0.25) is 6.29 Å². The fourth-order valence-electron chi connectivity index (χ4n) is 1.66. The van der Waals surface area contributed by atoms with Crippen molar-refractivity contribution in [3.63, 3.8) is 0 Å². The molecule has 0 saturated heterocycles. The topological polar surface area (TPSA) is 78.7 Å². The number of hydrogen-bond acceptors (Lipinski definition) is 5. The summed E-state index contributed by atoms with van der Waals surface area (Å²) in [6, 6.07) is 2.42. The highest BCUT2D eigenvalue weighted by atomic mass is 35.5. The van der Waals surface area contributed by atoms with Crippen molar-refractivity contribution in [1.29, 1.82) is 0 Å². The van der Waals surface area contributed by atoms with E-state index in [1.165, 1.54) is 6.07 Å². The number of nitro groups is 1. The molecule has 24 heavy (non-hydrogen) atoms. The normalized spacial score (nSPS) is 12.1. The summed E-state index contributed by atoms with van der Waals surface area (Å²) in [4.78, 5) is 21.1. The van der Waals surface area contributed by atoms with Gasteiger partial charge in [-0.2, -0.15) is 0 Å². The van der Waals surface area contributed by atoms with E-state index >= 15 is 0 Å². The standard InChI is InChI=1S/C16H23ClNO5Si/c1-16(2,3)24(4,5)23-8-6-7-22-14-10-12(11-19)9-13(15(14)17)18(20)21/h9-10H,6-8H2,1-5H3. The highest BCUT2D eigenvalue weighted by molar-refractivity contribution is 6.74. The summed E-state index contributed by atoms with van der Waals surface area (Å²) in [5.41, 5.74) is -0.344. The monoisotopic (exact) mass is 372 g/mol. The molecule has 0 fully saturated rings. The molecule has 0 heterocycles. The average Bonchev–Trinajstić information content (AvgIpc) is 2.46. The maximum absolute atomic E-state index is 10.9. The Balaban J connectivity index is 2.64. The molecule has 0 saturated carbocycles. The van der Waals surface area contributed by atoms with Gasteiger partial charge >= 0.3 is 0 Å². The number of nitro benzene ring substituents is 1. The van der Waals surface area contributed by atoms with Crippen LogP contribution in [-0.2, 0) is 9.22 Å². The predicted octanol–water partition coefficient (Wildman–Crippen LogP) is 4.50. The predicted molar refractivity (Wildman–Crippen MR) is 96.2 cm³/mol. The smallest absolute Gasteiger partial charge is 0.292 e. The lowest BCUT2D eigenvalue weighted by atomic mass is 10.2. The number of benzene rings is 1. The van der Waals surface area contributed by atoms with Crippen LogP contribution in [0.2, 0.25) is 23.2 Å². The minimum Gasteiger partial charge on any atom is -0.492 e. The zero-order valence-electron chi connectivity index (χ0n) is 14.6. The van der Waals surface area contributed by atoms with Gasteiger partial charge in [-0.05, 0) is 24.2 Å². The number of nitrogens with zero attached hydrogens (tertiary/aromatic N) is 1. The molecular weight excluding hydrogens is 350 g/mol. The van der Waals surface area contributed by atoms with Gasteiger partial charge in [-0.1, -0.05) is 32.4 Å². The van der Waals surface area contributed by atoms with Gasteiger partial charge in [0.15, 0.2) is 13.3 Å². The largest absolute Gasteiger partial charge is 0.492 e. The lowest BCUT2D eigenvalue weighted by Crippen LogP contribution is -2.41. The van der Waals surface area contributed by atoms with Crippen LogP contribution in [-0.4, -0.2) is 32.7 Å². The van der Waals surface area contributed by atoms with Gasteiger partial charge in [0.05, 0.1) is 11.5 Å². The first-order valence-corrected chi connectivity index (χ1v) is 10.9. The van der Waals surface area contributed by atoms with Crippen molar-refractivity contribution in [2.45, 2.75) is 45.3 Å². The highest BCUT2D eigenvalue weighted by Crippen LogP contribution is 2.37. The Morgan fingerprint density at radius 3 is 2.42 bits per heavy atom. The molecule has 0 aliphatic rings. The van der Waals surface area contributed by atoms with E-state index in [9.17, 15) is 14.9 Å². The van der Waals surface area contributed by atoms with Crippen LogP contribution in [0.25, 0.3) is 0 Å². The number of halogens is 1. The van der Waals surface area contributed by atoms with E-state index in [0.717, 1.165) is 6.07 Å². The summed E-state index contributed by atoms with van der Waals surface area (Å²) in [7, 11) is -1.81.